The van der Waals surface area contributed by atoms with Gasteiger partial charge in [-0.25, -0.2) is 0 Å². The highest BCUT2D eigenvalue weighted by atomic mass is 16.6. The van der Waals surface area contributed by atoms with Gasteiger partial charge in [-0.1, -0.05) is 30.3 Å². The molecule has 19 heavy (non-hydrogen) atoms. The molecule has 3 rings (SSSR count). The lowest BCUT2D eigenvalue weighted by Crippen LogP contribution is -2.38. The van der Waals surface area contributed by atoms with Gasteiger partial charge in [0.15, 0.2) is 0 Å². The van der Waals surface area contributed by atoms with Gasteiger partial charge < -0.3 is 14.8 Å². The van der Waals surface area contributed by atoms with Gasteiger partial charge in [0.25, 0.3) is 0 Å². The molecule has 1 aromatic carbocycles. The molecule has 0 bridgehead atoms. The number of benzene rings is 1. The van der Waals surface area contributed by atoms with Gasteiger partial charge in [0.05, 0.1) is 6.61 Å². The van der Waals surface area contributed by atoms with E-state index in [1.165, 1.54) is 5.56 Å². The van der Waals surface area contributed by atoms with Gasteiger partial charge in [-0.15, -0.1) is 0 Å². The van der Waals surface area contributed by atoms with Gasteiger partial charge in [-0.3, -0.25) is 5.32 Å². The molecule has 2 fully saturated rings. The average Bonchev–Trinajstić information content (AvgIpc) is 3.09. The zero-order valence-electron chi connectivity index (χ0n) is 11.4. The van der Waals surface area contributed by atoms with Crippen LogP contribution in [0.5, 0.6) is 0 Å². The molecular weight excluding hydrogens is 240 g/mol. The summed E-state index contributed by atoms with van der Waals surface area (Å²) in [6.45, 7) is 3.69. The van der Waals surface area contributed by atoms with Crippen molar-refractivity contribution in [1.29, 1.82) is 0 Å². The monoisotopic (exact) mass is 262 g/mol. The Morgan fingerprint density at radius 1 is 1.42 bits per heavy atom. The maximum absolute atomic E-state index is 5.85. The van der Waals surface area contributed by atoms with Gasteiger partial charge in [-0.05, 0) is 18.5 Å². The number of hydrogen-bond donors (Lipinski definition) is 2. The highest BCUT2D eigenvalue weighted by Gasteiger charge is 2.55. The van der Waals surface area contributed by atoms with Crippen LogP contribution in [0.2, 0.25) is 0 Å². The first-order valence-corrected chi connectivity index (χ1v) is 6.96. The second-order valence-electron chi connectivity index (χ2n) is 5.57. The van der Waals surface area contributed by atoms with Crippen LogP contribution < -0.4 is 10.6 Å². The first-order valence-electron chi connectivity index (χ1n) is 6.96. The fraction of sp³-hybridized carbons (Fsp3) is 0.600. The van der Waals surface area contributed by atoms with E-state index in [0.717, 1.165) is 32.7 Å². The quantitative estimate of drug-likeness (QED) is 0.754. The molecule has 0 saturated carbocycles. The normalized spacial score (nSPS) is 33.5. The zero-order valence-corrected chi connectivity index (χ0v) is 11.4. The molecule has 104 valence electrons. The molecule has 1 aromatic rings. The predicted molar refractivity (Wildman–Crippen MR) is 73.7 cm³/mol. The molecule has 0 spiro atoms. The molecule has 2 N–H and O–H groups in total. The van der Waals surface area contributed by atoms with Crippen molar-refractivity contribution in [2.45, 2.75) is 25.3 Å². The second kappa shape index (κ2) is 5.59. The second-order valence-corrected chi connectivity index (χ2v) is 5.57. The summed E-state index contributed by atoms with van der Waals surface area (Å²) in [6.07, 6.45) is 1.59. The third kappa shape index (κ3) is 2.82. The van der Waals surface area contributed by atoms with Crippen molar-refractivity contribution in [1.82, 2.24) is 10.6 Å². The average molecular weight is 262 g/mol. The molecule has 3 unspecified atom stereocenters. The Morgan fingerprint density at radius 2 is 2.26 bits per heavy atom. The van der Waals surface area contributed by atoms with Crippen LogP contribution in [-0.2, 0) is 16.0 Å². The van der Waals surface area contributed by atoms with Crippen LogP contribution in [0.4, 0.5) is 0 Å². The molecule has 0 aliphatic carbocycles. The van der Waals surface area contributed by atoms with Crippen molar-refractivity contribution in [3.63, 3.8) is 0 Å². The highest BCUT2D eigenvalue weighted by Crippen LogP contribution is 2.42. The molecule has 4 heteroatoms. The first kappa shape index (κ1) is 13.1. The largest absolute Gasteiger partial charge is 0.384 e. The number of hydrogen-bond acceptors (Lipinski definition) is 4. The minimum atomic E-state index is 0.156. The summed E-state index contributed by atoms with van der Waals surface area (Å²) in [6, 6.07) is 10.4. The summed E-state index contributed by atoms with van der Waals surface area (Å²) in [5.41, 5.74) is 1.45. The lowest BCUT2D eigenvalue weighted by atomic mass is 9.84. The van der Waals surface area contributed by atoms with Crippen molar-refractivity contribution in [3.8, 4) is 0 Å². The Bertz CT molecular complexity index is 404. The molecule has 2 saturated heterocycles. The lowest BCUT2D eigenvalue weighted by Gasteiger charge is -2.25. The van der Waals surface area contributed by atoms with Gasteiger partial charge >= 0.3 is 0 Å². The van der Waals surface area contributed by atoms with Crippen molar-refractivity contribution in [2.24, 2.45) is 5.41 Å². The molecule has 2 heterocycles. The minimum absolute atomic E-state index is 0.156. The molecule has 0 amide bonds. The van der Waals surface area contributed by atoms with E-state index in [9.17, 15) is 0 Å². The number of rotatable bonds is 6. The van der Waals surface area contributed by atoms with Gasteiger partial charge in [-0.2, -0.15) is 0 Å². The van der Waals surface area contributed by atoms with Crippen LogP contribution in [0.15, 0.2) is 30.3 Å². The van der Waals surface area contributed by atoms with Crippen LogP contribution in [0.25, 0.3) is 0 Å². The van der Waals surface area contributed by atoms with Crippen LogP contribution in [-0.4, -0.2) is 39.1 Å². The molecule has 4 nitrogen and oxygen atoms in total. The molecular formula is C15H22N2O2. The third-order valence-electron chi connectivity index (χ3n) is 4.15. The Morgan fingerprint density at radius 3 is 2.95 bits per heavy atom. The van der Waals surface area contributed by atoms with E-state index >= 15 is 0 Å². The van der Waals surface area contributed by atoms with E-state index in [1.807, 2.05) is 6.07 Å². The Labute approximate surface area is 114 Å². The fourth-order valence-electron chi connectivity index (χ4n) is 3.05. The highest BCUT2D eigenvalue weighted by molar-refractivity contribution is 5.15. The van der Waals surface area contributed by atoms with Gasteiger partial charge in [0.1, 0.15) is 12.3 Å². The summed E-state index contributed by atoms with van der Waals surface area (Å²) >= 11 is 0. The van der Waals surface area contributed by atoms with Crippen LogP contribution >= 0.6 is 0 Å². The van der Waals surface area contributed by atoms with Crippen molar-refractivity contribution in [2.75, 3.05) is 26.8 Å². The SMILES string of the molecule is COCC1(C2OC2NCc2ccccc2)CCNC1. The zero-order chi connectivity index (χ0) is 13.1. The molecule has 3 atom stereocenters. The lowest BCUT2D eigenvalue weighted by molar-refractivity contribution is 0.0692. The molecule has 2 aliphatic heterocycles. The Balaban J connectivity index is 1.53. The van der Waals surface area contributed by atoms with Crippen molar-refractivity contribution in [3.05, 3.63) is 35.9 Å². The third-order valence-corrected chi connectivity index (χ3v) is 4.15. The predicted octanol–water partition coefficient (Wildman–Crippen LogP) is 1.13. The summed E-state index contributed by atoms with van der Waals surface area (Å²) in [4.78, 5) is 0. The van der Waals surface area contributed by atoms with E-state index in [-0.39, 0.29) is 17.7 Å². The smallest absolute Gasteiger partial charge is 0.136 e. The fourth-order valence-corrected chi connectivity index (χ4v) is 3.05. The van der Waals surface area contributed by atoms with Gasteiger partial charge in [0.2, 0.25) is 0 Å². The Kier molecular flexibility index (Phi) is 3.84. The van der Waals surface area contributed by atoms with E-state index in [4.69, 9.17) is 9.47 Å². The van der Waals surface area contributed by atoms with E-state index in [0.29, 0.717) is 0 Å². The number of epoxide rings is 1. The summed E-state index contributed by atoms with van der Waals surface area (Å²) < 4.78 is 11.2. The summed E-state index contributed by atoms with van der Waals surface area (Å²) in [5.74, 6) is 0. The molecule has 0 radical (unpaired) electrons. The van der Waals surface area contributed by atoms with Crippen LogP contribution in [0.1, 0.15) is 12.0 Å². The van der Waals surface area contributed by atoms with E-state index < -0.39 is 0 Å². The maximum Gasteiger partial charge on any atom is 0.136 e. The summed E-state index contributed by atoms with van der Waals surface area (Å²) in [7, 11) is 1.77. The topological polar surface area (TPSA) is 45.8 Å². The first-order chi connectivity index (χ1) is 9.34. The molecule has 2 aliphatic rings. The van der Waals surface area contributed by atoms with Gasteiger partial charge in [0, 0.05) is 25.6 Å². The van der Waals surface area contributed by atoms with Crippen LogP contribution in [0, 0.1) is 5.41 Å². The Hall–Kier alpha value is -0.940. The molecule has 0 aromatic heterocycles. The van der Waals surface area contributed by atoms with Crippen LogP contribution in [0.3, 0.4) is 0 Å². The number of ether oxygens (including phenoxy) is 2. The van der Waals surface area contributed by atoms with Crippen molar-refractivity contribution >= 4 is 0 Å². The van der Waals surface area contributed by atoms with E-state index in [1.54, 1.807) is 7.11 Å². The standard InChI is InChI=1S/C15H22N2O2/c1-18-11-15(7-8-16-10-15)13-14(19-13)17-9-12-5-3-2-4-6-12/h2-6,13-14,16-17H,7-11H2,1H3. The van der Waals surface area contributed by atoms with Crippen molar-refractivity contribution < 1.29 is 9.47 Å². The minimum Gasteiger partial charge on any atom is -0.384 e. The maximum atomic E-state index is 5.85. The summed E-state index contributed by atoms with van der Waals surface area (Å²) in [5, 5.41) is 6.90. The number of nitrogens with one attached hydrogen (secondary N) is 2. The van der Waals surface area contributed by atoms with E-state index in [2.05, 4.69) is 34.9 Å². The number of methoxy groups -OCH3 is 1.